The molecule has 2 N–H and O–H groups in total. The van der Waals surface area contributed by atoms with Crippen molar-refractivity contribution in [1.82, 2.24) is 0 Å². The van der Waals surface area contributed by atoms with Crippen LogP contribution < -0.4 is 5.73 Å². The molecule has 3 unspecified atom stereocenters. The van der Waals surface area contributed by atoms with Gasteiger partial charge in [0.25, 0.3) is 0 Å². The number of nitrogens with two attached hydrogens (primary N) is 1. The summed E-state index contributed by atoms with van der Waals surface area (Å²) in [7, 11) is 1.81. The molecule has 0 aromatic carbocycles. The van der Waals surface area contributed by atoms with Crippen LogP contribution in [0.3, 0.4) is 0 Å². The van der Waals surface area contributed by atoms with Gasteiger partial charge >= 0.3 is 0 Å². The first-order valence-corrected chi connectivity index (χ1v) is 7.49. The lowest BCUT2D eigenvalue weighted by molar-refractivity contribution is -0.00429. The number of methoxy groups -OCH3 is 1. The minimum atomic E-state index is -0.0106. The molecule has 0 heterocycles. The lowest BCUT2D eigenvalue weighted by atomic mass is 9.64. The molecule has 1 rings (SSSR count). The molecule has 1 fully saturated rings. The fourth-order valence-corrected chi connectivity index (χ4v) is 3.31. The highest BCUT2D eigenvalue weighted by Gasteiger charge is 2.37. The summed E-state index contributed by atoms with van der Waals surface area (Å²) in [4.78, 5) is 0. The van der Waals surface area contributed by atoms with Crippen LogP contribution in [0.4, 0.5) is 0 Å². The van der Waals surface area contributed by atoms with E-state index in [0.29, 0.717) is 17.4 Å². The second-order valence-electron chi connectivity index (χ2n) is 7.64. The van der Waals surface area contributed by atoms with Crippen LogP contribution in [-0.2, 0) is 4.74 Å². The van der Waals surface area contributed by atoms with E-state index in [2.05, 4.69) is 34.6 Å². The summed E-state index contributed by atoms with van der Waals surface area (Å²) in [6.07, 6.45) is 6.13. The molecule has 0 amide bonds. The van der Waals surface area contributed by atoms with Gasteiger partial charge in [-0.05, 0) is 56.8 Å². The summed E-state index contributed by atoms with van der Waals surface area (Å²) in [6.45, 7) is 11.5. The van der Waals surface area contributed by atoms with Crippen molar-refractivity contribution < 1.29 is 4.74 Å². The van der Waals surface area contributed by atoms with Crippen molar-refractivity contribution in [2.75, 3.05) is 7.11 Å². The van der Waals surface area contributed by atoms with Crippen molar-refractivity contribution in [1.29, 1.82) is 0 Å². The molecule has 0 aromatic rings. The lowest BCUT2D eigenvalue weighted by Crippen LogP contribution is -2.44. The molecule has 0 bridgehead atoms. The van der Waals surface area contributed by atoms with Gasteiger partial charge in [0, 0.05) is 13.2 Å². The van der Waals surface area contributed by atoms with Gasteiger partial charge in [0.05, 0.1) is 5.60 Å². The third kappa shape index (κ3) is 4.24. The zero-order valence-corrected chi connectivity index (χ0v) is 13.3. The Balaban J connectivity index is 2.57. The number of rotatable bonds is 5. The highest BCUT2D eigenvalue weighted by Crippen LogP contribution is 2.43. The number of hydrogen-bond acceptors (Lipinski definition) is 2. The smallest absolute Gasteiger partial charge is 0.0623 e. The van der Waals surface area contributed by atoms with Crippen LogP contribution in [0.25, 0.3) is 0 Å². The molecule has 3 atom stereocenters. The minimum absolute atomic E-state index is 0.0106. The van der Waals surface area contributed by atoms with Gasteiger partial charge in [0.2, 0.25) is 0 Å². The van der Waals surface area contributed by atoms with Crippen LogP contribution in [-0.4, -0.2) is 18.8 Å². The summed E-state index contributed by atoms with van der Waals surface area (Å²) >= 11 is 0. The predicted molar refractivity (Wildman–Crippen MR) is 78.6 cm³/mol. The zero-order valence-electron chi connectivity index (χ0n) is 13.3. The summed E-state index contributed by atoms with van der Waals surface area (Å²) in [5.74, 6) is 1.48. The molecule has 2 heteroatoms. The molecule has 0 radical (unpaired) electrons. The topological polar surface area (TPSA) is 35.2 Å². The van der Waals surface area contributed by atoms with Crippen molar-refractivity contribution in [2.45, 2.75) is 78.4 Å². The van der Waals surface area contributed by atoms with Crippen LogP contribution in [0.2, 0.25) is 0 Å². The molecular formula is C16H33NO. The summed E-state index contributed by atoms with van der Waals surface area (Å²) in [6, 6.07) is 0.384. The maximum atomic E-state index is 6.40. The molecule has 1 aliphatic carbocycles. The van der Waals surface area contributed by atoms with Gasteiger partial charge in [-0.3, -0.25) is 0 Å². The van der Waals surface area contributed by atoms with E-state index in [4.69, 9.17) is 10.5 Å². The summed E-state index contributed by atoms with van der Waals surface area (Å²) < 4.78 is 5.53. The third-order valence-electron chi connectivity index (χ3n) is 5.09. The Kier molecular flexibility index (Phi) is 5.25. The van der Waals surface area contributed by atoms with Gasteiger partial charge in [0.15, 0.2) is 0 Å². The Morgan fingerprint density at radius 2 is 1.72 bits per heavy atom. The van der Waals surface area contributed by atoms with Gasteiger partial charge in [-0.1, -0.05) is 27.2 Å². The fourth-order valence-electron chi connectivity index (χ4n) is 3.31. The van der Waals surface area contributed by atoms with E-state index < -0.39 is 0 Å². The Hall–Kier alpha value is -0.0800. The van der Waals surface area contributed by atoms with Gasteiger partial charge in [-0.2, -0.15) is 0 Å². The molecule has 108 valence electrons. The zero-order chi connectivity index (χ0) is 14.0. The maximum absolute atomic E-state index is 6.40. The quantitative estimate of drug-likeness (QED) is 0.806. The van der Waals surface area contributed by atoms with Crippen LogP contribution in [0.1, 0.15) is 66.7 Å². The van der Waals surface area contributed by atoms with Crippen molar-refractivity contribution in [3.05, 3.63) is 0 Å². The molecule has 0 aromatic heterocycles. The lowest BCUT2D eigenvalue weighted by Gasteiger charge is -2.44. The Morgan fingerprint density at radius 1 is 1.11 bits per heavy atom. The van der Waals surface area contributed by atoms with Crippen LogP contribution in [0.15, 0.2) is 0 Å². The average molecular weight is 255 g/mol. The first kappa shape index (κ1) is 16.0. The Morgan fingerprint density at radius 3 is 2.22 bits per heavy atom. The summed E-state index contributed by atoms with van der Waals surface area (Å²) in [5.41, 5.74) is 6.71. The maximum Gasteiger partial charge on any atom is 0.0623 e. The van der Waals surface area contributed by atoms with E-state index in [9.17, 15) is 0 Å². The van der Waals surface area contributed by atoms with E-state index in [1.165, 1.54) is 25.7 Å². The second-order valence-corrected chi connectivity index (χ2v) is 7.64. The number of ether oxygens (including phenoxy) is 1. The molecule has 0 spiro atoms. The van der Waals surface area contributed by atoms with Crippen molar-refractivity contribution in [2.24, 2.45) is 23.0 Å². The second kappa shape index (κ2) is 5.92. The molecular weight excluding hydrogens is 222 g/mol. The van der Waals surface area contributed by atoms with Gasteiger partial charge in [-0.25, -0.2) is 0 Å². The highest BCUT2D eigenvalue weighted by atomic mass is 16.5. The minimum Gasteiger partial charge on any atom is -0.379 e. The molecule has 0 saturated heterocycles. The van der Waals surface area contributed by atoms with Crippen LogP contribution in [0.5, 0.6) is 0 Å². The normalized spacial score (nSPS) is 30.5. The van der Waals surface area contributed by atoms with E-state index in [0.717, 1.165) is 12.3 Å². The Labute approximate surface area is 114 Å². The van der Waals surface area contributed by atoms with Crippen LogP contribution >= 0.6 is 0 Å². The summed E-state index contributed by atoms with van der Waals surface area (Å²) in [5, 5.41) is 0. The average Bonchev–Trinajstić information content (AvgIpc) is 2.26. The van der Waals surface area contributed by atoms with Crippen molar-refractivity contribution >= 4 is 0 Å². The highest BCUT2D eigenvalue weighted by molar-refractivity contribution is 4.91. The molecule has 2 nitrogen and oxygen atoms in total. The third-order valence-corrected chi connectivity index (χ3v) is 5.09. The Bertz CT molecular complexity index is 260. The molecule has 0 aliphatic heterocycles. The standard InChI is InChI=1S/C16H33NO/c1-12-7-8-13(14(17)11-12)15(2,3)9-10-16(4,5)18-6/h12-14H,7-11,17H2,1-6H3. The van der Waals surface area contributed by atoms with E-state index >= 15 is 0 Å². The monoisotopic (exact) mass is 255 g/mol. The van der Waals surface area contributed by atoms with E-state index in [1.807, 2.05) is 0 Å². The largest absolute Gasteiger partial charge is 0.379 e. The molecule has 18 heavy (non-hydrogen) atoms. The van der Waals surface area contributed by atoms with E-state index in [1.54, 1.807) is 7.11 Å². The predicted octanol–water partition coefficient (Wildman–Crippen LogP) is 3.98. The van der Waals surface area contributed by atoms with Gasteiger partial charge < -0.3 is 10.5 Å². The first-order valence-electron chi connectivity index (χ1n) is 7.49. The van der Waals surface area contributed by atoms with Crippen molar-refractivity contribution in [3.63, 3.8) is 0 Å². The van der Waals surface area contributed by atoms with Gasteiger partial charge in [0.1, 0.15) is 0 Å². The van der Waals surface area contributed by atoms with E-state index in [-0.39, 0.29) is 5.60 Å². The van der Waals surface area contributed by atoms with Gasteiger partial charge in [-0.15, -0.1) is 0 Å². The number of hydrogen-bond donors (Lipinski definition) is 1. The SMILES string of the molecule is COC(C)(C)CCC(C)(C)C1CCC(C)CC1N. The molecule has 1 aliphatic rings. The van der Waals surface area contributed by atoms with Crippen LogP contribution in [0, 0.1) is 17.3 Å². The van der Waals surface area contributed by atoms with Crippen molar-refractivity contribution in [3.8, 4) is 0 Å². The fraction of sp³-hybridized carbons (Fsp3) is 1.00. The first-order chi connectivity index (χ1) is 8.18. The molecule has 1 saturated carbocycles.